The molecule has 5 rings (SSSR count). The topological polar surface area (TPSA) is 45.3 Å². The van der Waals surface area contributed by atoms with Crippen LogP contribution in [0.15, 0.2) is 72.8 Å². The van der Waals surface area contributed by atoms with Crippen LogP contribution in [-0.4, -0.2) is 68.2 Å². The Hall–Kier alpha value is -3.42. The van der Waals surface area contributed by atoms with E-state index in [-0.39, 0.29) is 11.7 Å². The molecule has 212 valence electrons. The molecule has 2 heterocycles. The van der Waals surface area contributed by atoms with Crippen LogP contribution in [0.25, 0.3) is 0 Å². The molecule has 0 saturated carbocycles. The van der Waals surface area contributed by atoms with E-state index in [0.717, 1.165) is 50.8 Å². The van der Waals surface area contributed by atoms with Crippen molar-refractivity contribution in [1.29, 1.82) is 0 Å². The van der Waals surface area contributed by atoms with Gasteiger partial charge in [-0.05, 0) is 125 Å². The van der Waals surface area contributed by atoms with Crippen LogP contribution in [0.3, 0.4) is 0 Å². The molecule has 3 aromatic carbocycles. The lowest BCUT2D eigenvalue weighted by atomic mass is 10.1. The molecule has 40 heavy (non-hydrogen) atoms. The molecule has 0 aliphatic carbocycles. The van der Waals surface area contributed by atoms with Gasteiger partial charge in [-0.3, -0.25) is 19.5 Å². The van der Waals surface area contributed by atoms with Crippen molar-refractivity contribution < 1.29 is 18.7 Å². The maximum Gasteiger partial charge on any atom is 0.262 e. The van der Waals surface area contributed by atoms with Gasteiger partial charge in [0.05, 0.1) is 0 Å². The lowest BCUT2D eigenvalue weighted by Gasteiger charge is -2.26. The first-order chi connectivity index (χ1) is 19.7. The highest BCUT2D eigenvalue weighted by molar-refractivity contribution is 6.10. The summed E-state index contributed by atoms with van der Waals surface area (Å²) in [4.78, 5) is 20.2. The molecule has 0 aromatic heterocycles. The minimum absolute atomic E-state index is 0.238. The first-order valence-corrected chi connectivity index (χ1v) is 14.7. The molecule has 2 fully saturated rings. The Kier molecular flexibility index (Phi) is 10.0. The van der Waals surface area contributed by atoms with Crippen LogP contribution in [0, 0.1) is 5.82 Å². The van der Waals surface area contributed by atoms with Gasteiger partial charge in [-0.15, -0.1) is 0 Å². The standard InChI is InChI=1S/C33H40FN3O3/c34-28-9-7-27(8-10-28)33(38)37(29-11-15-31(16-12-29)39-25-23-35-19-3-1-4-20-35)30-13-17-32(18-14-30)40-26-24-36-21-5-2-6-22-36/h7-18H,1-6,19-26H2. The first kappa shape index (κ1) is 28.1. The molecular formula is C33H40FN3O3. The van der Waals surface area contributed by atoms with Crippen LogP contribution in [0.2, 0.25) is 0 Å². The zero-order valence-electron chi connectivity index (χ0n) is 23.3. The van der Waals surface area contributed by atoms with E-state index >= 15 is 0 Å². The molecule has 2 saturated heterocycles. The number of rotatable bonds is 11. The van der Waals surface area contributed by atoms with Gasteiger partial charge in [0.2, 0.25) is 0 Å². The third-order valence-corrected chi connectivity index (χ3v) is 7.73. The number of carbonyl (C=O) groups excluding carboxylic acids is 1. The molecule has 0 atom stereocenters. The van der Waals surface area contributed by atoms with E-state index in [0.29, 0.717) is 30.2 Å². The van der Waals surface area contributed by atoms with Crippen molar-refractivity contribution in [2.45, 2.75) is 38.5 Å². The van der Waals surface area contributed by atoms with Crippen molar-refractivity contribution in [3.63, 3.8) is 0 Å². The van der Waals surface area contributed by atoms with Crippen molar-refractivity contribution in [3.8, 4) is 11.5 Å². The third-order valence-electron chi connectivity index (χ3n) is 7.73. The molecule has 0 radical (unpaired) electrons. The number of amides is 1. The summed E-state index contributed by atoms with van der Waals surface area (Å²) < 4.78 is 25.6. The number of carbonyl (C=O) groups is 1. The van der Waals surface area contributed by atoms with Gasteiger partial charge in [-0.1, -0.05) is 12.8 Å². The summed E-state index contributed by atoms with van der Waals surface area (Å²) in [5, 5.41) is 0. The maximum absolute atomic E-state index is 13.7. The van der Waals surface area contributed by atoms with Crippen molar-refractivity contribution in [3.05, 3.63) is 84.2 Å². The average Bonchev–Trinajstić information content (AvgIpc) is 3.00. The number of piperidine rings is 2. The summed E-state index contributed by atoms with van der Waals surface area (Å²) in [7, 11) is 0. The summed E-state index contributed by atoms with van der Waals surface area (Å²) >= 11 is 0. The summed E-state index contributed by atoms with van der Waals surface area (Å²) in [5.74, 6) is 0.928. The van der Waals surface area contributed by atoms with Gasteiger partial charge in [0, 0.05) is 30.0 Å². The van der Waals surface area contributed by atoms with E-state index in [9.17, 15) is 9.18 Å². The van der Waals surface area contributed by atoms with Crippen LogP contribution in [0.5, 0.6) is 11.5 Å². The Morgan fingerprint density at radius 1 is 0.625 bits per heavy atom. The molecule has 6 nitrogen and oxygen atoms in total. The van der Waals surface area contributed by atoms with Crippen molar-refractivity contribution in [2.75, 3.05) is 57.4 Å². The van der Waals surface area contributed by atoms with Gasteiger partial charge in [-0.25, -0.2) is 4.39 Å². The van der Waals surface area contributed by atoms with E-state index in [1.165, 1.54) is 62.8 Å². The highest BCUT2D eigenvalue weighted by atomic mass is 19.1. The van der Waals surface area contributed by atoms with Gasteiger partial charge in [0.15, 0.2) is 0 Å². The zero-order chi connectivity index (χ0) is 27.6. The molecule has 2 aliphatic heterocycles. The van der Waals surface area contributed by atoms with Crippen LogP contribution in [-0.2, 0) is 0 Å². The SMILES string of the molecule is O=C(c1ccc(F)cc1)N(c1ccc(OCCN2CCCCC2)cc1)c1ccc(OCCN2CCCCC2)cc1. The number of ether oxygens (including phenoxy) is 2. The molecule has 2 aliphatic rings. The van der Waals surface area contributed by atoms with E-state index < -0.39 is 0 Å². The Labute approximate surface area is 237 Å². The Balaban J connectivity index is 1.26. The third kappa shape index (κ3) is 7.83. The molecule has 0 spiro atoms. The summed E-state index contributed by atoms with van der Waals surface area (Å²) in [5.41, 5.74) is 1.82. The van der Waals surface area contributed by atoms with Crippen LogP contribution < -0.4 is 14.4 Å². The van der Waals surface area contributed by atoms with Gasteiger partial charge >= 0.3 is 0 Å². The van der Waals surface area contributed by atoms with E-state index in [1.807, 2.05) is 48.5 Å². The van der Waals surface area contributed by atoms with Gasteiger partial charge in [-0.2, -0.15) is 0 Å². The highest BCUT2D eigenvalue weighted by Crippen LogP contribution is 2.31. The number of likely N-dealkylation sites (tertiary alicyclic amines) is 2. The number of halogens is 1. The number of anilines is 2. The molecule has 7 heteroatoms. The van der Waals surface area contributed by atoms with E-state index in [4.69, 9.17) is 9.47 Å². The van der Waals surface area contributed by atoms with Crippen molar-refractivity contribution in [2.24, 2.45) is 0 Å². The highest BCUT2D eigenvalue weighted by Gasteiger charge is 2.21. The van der Waals surface area contributed by atoms with Crippen LogP contribution in [0.1, 0.15) is 48.9 Å². The van der Waals surface area contributed by atoms with Gasteiger partial charge in [0.1, 0.15) is 30.5 Å². The quantitative estimate of drug-likeness (QED) is 0.274. The van der Waals surface area contributed by atoms with Crippen LogP contribution >= 0.6 is 0 Å². The number of hydrogen-bond donors (Lipinski definition) is 0. The summed E-state index contributed by atoms with van der Waals surface area (Å²) in [6.07, 6.45) is 7.69. The molecule has 0 bridgehead atoms. The van der Waals surface area contributed by atoms with Gasteiger partial charge < -0.3 is 9.47 Å². The maximum atomic E-state index is 13.7. The second-order valence-corrected chi connectivity index (χ2v) is 10.6. The molecule has 0 unspecified atom stereocenters. The smallest absolute Gasteiger partial charge is 0.262 e. The minimum atomic E-state index is -0.375. The molecular weight excluding hydrogens is 505 g/mol. The Morgan fingerprint density at radius 3 is 1.48 bits per heavy atom. The van der Waals surface area contributed by atoms with Crippen molar-refractivity contribution in [1.82, 2.24) is 9.80 Å². The van der Waals surface area contributed by atoms with Crippen molar-refractivity contribution >= 4 is 17.3 Å². The normalized spacial score (nSPS) is 16.4. The fraction of sp³-hybridized carbons (Fsp3) is 0.424. The van der Waals surface area contributed by atoms with Gasteiger partial charge in [0.25, 0.3) is 5.91 Å². The average molecular weight is 546 g/mol. The fourth-order valence-electron chi connectivity index (χ4n) is 5.44. The predicted octanol–water partition coefficient (Wildman–Crippen LogP) is 6.53. The Bertz CT molecular complexity index is 1120. The molecule has 3 aromatic rings. The number of nitrogens with zero attached hydrogens (tertiary/aromatic N) is 3. The van der Waals surface area contributed by atoms with E-state index in [1.54, 1.807) is 4.90 Å². The monoisotopic (exact) mass is 545 g/mol. The summed E-state index contributed by atoms with van der Waals surface area (Å²) in [6, 6.07) is 20.8. The van der Waals surface area contributed by atoms with E-state index in [2.05, 4.69) is 9.80 Å². The second kappa shape index (κ2) is 14.3. The largest absolute Gasteiger partial charge is 0.492 e. The predicted molar refractivity (Wildman–Crippen MR) is 157 cm³/mol. The summed E-state index contributed by atoms with van der Waals surface area (Å²) in [6.45, 7) is 7.69. The fourth-order valence-corrected chi connectivity index (χ4v) is 5.44. The second-order valence-electron chi connectivity index (χ2n) is 10.6. The minimum Gasteiger partial charge on any atom is -0.492 e. The zero-order valence-corrected chi connectivity index (χ0v) is 23.3. The first-order valence-electron chi connectivity index (χ1n) is 14.7. The van der Waals surface area contributed by atoms with Crippen LogP contribution in [0.4, 0.5) is 15.8 Å². The number of hydrogen-bond acceptors (Lipinski definition) is 5. The molecule has 0 N–H and O–H groups in total. The number of benzene rings is 3. The lowest BCUT2D eigenvalue weighted by molar-refractivity contribution is 0.0999. The lowest BCUT2D eigenvalue weighted by Crippen LogP contribution is -2.33. The molecule has 1 amide bonds. The Morgan fingerprint density at radius 2 is 1.05 bits per heavy atom.